The van der Waals surface area contributed by atoms with Crippen molar-refractivity contribution in [2.24, 2.45) is 0 Å². The van der Waals surface area contributed by atoms with E-state index < -0.39 is 11.5 Å². The van der Waals surface area contributed by atoms with Crippen LogP contribution < -0.4 is 10.6 Å². The maximum Gasteiger partial charge on any atom is 0.315 e. The second kappa shape index (κ2) is 6.35. The van der Waals surface area contributed by atoms with Crippen molar-refractivity contribution in [2.75, 3.05) is 0 Å². The van der Waals surface area contributed by atoms with Crippen molar-refractivity contribution in [3.8, 4) is 0 Å². The van der Waals surface area contributed by atoms with Crippen LogP contribution in [0.3, 0.4) is 0 Å². The van der Waals surface area contributed by atoms with E-state index >= 15 is 0 Å². The Morgan fingerprint density at radius 1 is 1.38 bits per heavy atom. The molecule has 0 radical (unpaired) electrons. The van der Waals surface area contributed by atoms with Crippen LogP contribution in [0.4, 0.5) is 4.79 Å². The van der Waals surface area contributed by atoms with Gasteiger partial charge in [-0.3, -0.25) is 4.79 Å². The van der Waals surface area contributed by atoms with Crippen LogP contribution in [0.15, 0.2) is 0 Å². The summed E-state index contributed by atoms with van der Waals surface area (Å²) in [7, 11) is 0. The van der Waals surface area contributed by atoms with E-state index in [1.54, 1.807) is 13.8 Å². The molecular weight excluding hydrogens is 208 g/mol. The van der Waals surface area contributed by atoms with Crippen LogP contribution in [-0.2, 0) is 4.79 Å². The summed E-state index contributed by atoms with van der Waals surface area (Å²) < 4.78 is 0. The third-order valence-electron chi connectivity index (χ3n) is 2.14. The Morgan fingerprint density at radius 2 is 1.94 bits per heavy atom. The Hall–Kier alpha value is -1.26. The summed E-state index contributed by atoms with van der Waals surface area (Å²) in [6.07, 6.45) is 1.81. The highest BCUT2D eigenvalue weighted by molar-refractivity contribution is 5.76. The molecule has 0 bridgehead atoms. The van der Waals surface area contributed by atoms with E-state index in [1.807, 2.05) is 13.8 Å². The van der Waals surface area contributed by atoms with E-state index in [4.69, 9.17) is 5.11 Å². The van der Waals surface area contributed by atoms with Crippen molar-refractivity contribution in [1.29, 1.82) is 0 Å². The van der Waals surface area contributed by atoms with Crippen LogP contribution in [0.2, 0.25) is 0 Å². The first-order valence-electron chi connectivity index (χ1n) is 5.57. The van der Waals surface area contributed by atoms with Gasteiger partial charge in [0.2, 0.25) is 0 Å². The lowest BCUT2D eigenvalue weighted by Gasteiger charge is -2.25. The average Bonchev–Trinajstić information content (AvgIpc) is 1.98. The normalized spacial score (nSPS) is 13.0. The first-order valence-corrected chi connectivity index (χ1v) is 5.57. The zero-order valence-corrected chi connectivity index (χ0v) is 10.5. The molecule has 0 aliphatic carbocycles. The van der Waals surface area contributed by atoms with Gasteiger partial charge in [-0.05, 0) is 27.2 Å². The highest BCUT2D eigenvalue weighted by Gasteiger charge is 2.24. The first-order chi connectivity index (χ1) is 7.26. The molecule has 0 aromatic rings. The number of aliphatic carboxylic acids is 1. The molecule has 3 N–H and O–H groups in total. The van der Waals surface area contributed by atoms with Gasteiger partial charge in [-0.25, -0.2) is 4.79 Å². The second-order valence-corrected chi connectivity index (χ2v) is 4.74. The lowest BCUT2D eigenvalue weighted by atomic mass is 10.0. The summed E-state index contributed by atoms with van der Waals surface area (Å²) in [6, 6.07) is -0.210. The van der Waals surface area contributed by atoms with Gasteiger partial charge in [0.15, 0.2) is 0 Å². The number of rotatable bonds is 6. The predicted octanol–water partition coefficient (Wildman–Crippen LogP) is 1.73. The van der Waals surface area contributed by atoms with Gasteiger partial charge in [-0.1, -0.05) is 13.3 Å². The monoisotopic (exact) mass is 230 g/mol. The van der Waals surface area contributed by atoms with E-state index in [1.165, 1.54) is 0 Å². The minimum atomic E-state index is -0.924. The fraction of sp³-hybridized carbons (Fsp3) is 0.818. The van der Waals surface area contributed by atoms with Gasteiger partial charge in [0.1, 0.15) is 0 Å². The number of urea groups is 1. The van der Waals surface area contributed by atoms with Crippen LogP contribution in [0.1, 0.15) is 47.0 Å². The van der Waals surface area contributed by atoms with Crippen molar-refractivity contribution < 1.29 is 14.7 Å². The van der Waals surface area contributed by atoms with Crippen molar-refractivity contribution >= 4 is 12.0 Å². The average molecular weight is 230 g/mol. The Labute approximate surface area is 96.6 Å². The van der Waals surface area contributed by atoms with Crippen LogP contribution in [0, 0.1) is 0 Å². The lowest BCUT2D eigenvalue weighted by Crippen LogP contribution is -2.51. The summed E-state index contributed by atoms with van der Waals surface area (Å²) in [5.41, 5.74) is -0.734. The van der Waals surface area contributed by atoms with Crippen molar-refractivity contribution in [3.63, 3.8) is 0 Å². The highest BCUT2D eigenvalue weighted by Crippen LogP contribution is 2.07. The predicted molar refractivity (Wildman–Crippen MR) is 62.4 cm³/mol. The molecule has 1 atom stereocenters. The van der Waals surface area contributed by atoms with Gasteiger partial charge in [0.05, 0.1) is 6.42 Å². The maximum absolute atomic E-state index is 11.5. The molecule has 0 rings (SSSR count). The molecule has 5 nitrogen and oxygen atoms in total. The topological polar surface area (TPSA) is 78.4 Å². The number of carbonyl (C=O) groups is 2. The Morgan fingerprint density at radius 3 is 2.38 bits per heavy atom. The molecule has 0 spiro atoms. The number of carbonyl (C=O) groups excluding carboxylic acids is 1. The number of hydrogen-bond acceptors (Lipinski definition) is 2. The smallest absolute Gasteiger partial charge is 0.315 e. The summed E-state index contributed by atoms with van der Waals surface area (Å²) in [6.45, 7) is 7.34. The molecule has 94 valence electrons. The molecular formula is C11H22N2O3. The highest BCUT2D eigenvalue weighted by atomic mass is 16.4. The van der Waals surface area contributed by atoms with Crippen LogP contribution in [0.5, 0.6) is 0 Å². The fourth-order valence-electron chi connectivity index (χ4n) is 1.49. The minimum absolute atomic E-state index is 0.0947. The molecule has 16 heavy (non-hydrogen) atoms. The molecule has 0 aromatic heterocycles. The largest absolute Gasteiger partial charge is 0.481 e. The fourth-order valence-corrected chi connectivity index (χ4v) is 1.49. The zero-order chi connectivity index (χ0) is 12.8. The number of carboxylic acid groups (broad SMARTS) is 1. The Balaban J connectivity index is 4.07. The van der Waals surface area contributed by atoms with E-state index in [9.17, 15) is 9.59 Å². The Bertz CT molecular complexity index is 252. The summed E-state index contributed by atoms with van der Waals surface area (Å²) >= 11 is 0. The molecule has 0 aliphatic rings. The molecule has 5 heteroatoms. The molecule has 2 amide bonds. The standard InChI is InChI=1S/C11H22N2O3/c1-5-6-8(2)12-10(16)13-11(3,4)7-9(14)15/h8H,5-7H2,1-4H3,(H,14,15)(H2,12,13,16). The van der Waals surface area contributed by atoms with Crippen LogP contribution >= 0.6 is 0 Å². The Kier molecular flexibility index (Phi) is 5.85. The molecule has 0 heterocycles. The molecule has 0 fully saturated rings. The van der Waals surface area contributed by atoms with Gasteiger partial charge < -0.3 is 15.7 Å². The van der Waals surface area contributed by atoms with Gasteiger partial charge in [0.25, 0.3) is 0 Å². The van der Waals surface area contributed by atoms with Crippen molar-refractivity contribution in [3.05, 3.63) is 0 Å². The number of amides is 2. The lowest BCUT2D eigenvalue weighted by molar-refractivity contribution is -0.138. The second-order valence-electron chi connectivity index (χ2n) is 4.74. The number of carboxylic acids is 1. The SMILES string of the molecule is CCCC(C)NC(=O)NC(C)(C)CC(=O)O. The molecule has 0 aromatic carbocycles. The summed E-state index contributed by atoms with van der Waals surface area (Å²) in [4.78, 5) is 22.1. The summed E-state index contributed by atoms with van der Waals surface area (Å²) in [5.74, 6) is -0.924. The van der Waals surface area contributed by atoms with Gasteiger partial charge in [-0.2, -0.15) is 0 Å². The molecule has 1 unspecified atom stereocenters. The molecule has 0 saturated carbocycles. The van der Waals surface area contributed by atoms with Crippen LogP contribution in [0.25, 0.3) is 0 Å². The van der Waals surface area contributed by atoms with Gasteiger partial charge >= 0.3 is 12.0 Å². The van der Waals surface area contributed by atoms with E-state index in [0.717, 1.165) is 12.8 Å². The third kappa shape index (κ3) is 7.09. The van der Waals surface area contributed by atoms with E-state index in [2.05, 4.69) is 10.6 Å². The maximum atomic E-state index is 11.5. The first kappa shape index (κ1) is 14.7. The number of hydrogen-bond donors (Lipinski definition) is 3. The van der Waals surface area contributed by atoms with E-state index in [-0.39, 0.29) is 18.5 Å². The molecule has 0 aliphatic heterocycles. The van der Waals surface area contributed by atoms with Gasteiger partial charge in [0, 0.05) is 11.6 Å². The van der Waals surface area contributed by atoms with E-state index in [0.29, 0.717) is 0 Å². The molecule has 0 saturated heterocycles. The van der Waals surface area contributed by atoms with Gasteiger partial charge in [-0.15, -0.1) is 0 Å². The zero-order valence-electron chi connectivity index (χ0n) is 10.5. The minimum Gasteiger partial charge on any atom is -0.481 e. The van der Waals surface area contributed by atoms with Crippen LogP contribution in [-0.4, -0.2) is 28.7 Å². The van der Waals surface area contributed by atoms with Crippen molar-refractivity contribution in [2.45, 2.75) is 58.5 Å². The van der Waals surface area contributed by atoms with Crippen molar-refractivity contribution in [1.82, 2.24) is 10.6 Å². The third-order valence-corrected chi connectivity index (χ3v) is 2.14. The summed E-state index contributed by atoms with van der Waals surface area (Å²) in [5, 5.41) is 14.1. The number of nitrogens with one attached hydrogen (secondary N) is 2. The quantitative estimate of drug-likeness (QED) is 0.650.